The van der Waals surface area contributed by atoms with Crippen molar-refractivity contribution in [3.8, 4) is 0 Å². The maximum atomic E-state index is 3.60. The third-order valence-corrected chi connectivity index (χ3v) is 3.88. The van der Waals surface area contributed by atoms with Crippen molar-refractivity contribution in [2.45, 2.75) is 77.7 Å². The molecule has 0 spiro atoms. The molecule has 0 aromatic heterocycles. The standard InChI is InChI=1S/C14H29N/c1-3-15-13(2)14-11-9-7-5-4-6-8-10-12-14/h13-15H,3-12H2,1-2H3. The minimum Gasteiger partial charge on any atom is -0.314 e. The van der Waals surface area contributed by atoms with E-state index in [9.17, 15) is 0 Å². The SMILES string of the molecule is CCNC(C)C1CCCCCCCCC1. The lowest BCUT2D eigenvalue weighted by atomic mass is 9.87. The van der Waals surface area contributed by atoms with Crippen LogP contribution in [0.5, 0.6) is 0 Å². The maximum absolute atomic E-state index is 3.60. The zero-order valence-electron chi connectivity index (χ0n) is 10.7. The van der Waals surface area contributed by atoms with Gasteiger partial charge in [-0.05, 0) is 32.2 Å². The first-order valence-electron chi connectivity index (χ1n) is 7.08. The Morgan fingerprint density at radius 1 is 0.933 bits per heavy atom. The lowest BCUT2D eigenvalue weighted by Crippen LogP contribution is -2.33. The molecule has 1 aliphatic carbocycles. The van der Waals surface area contributed by atoms with Crippen LogP contribution in [-0.2, 0) is 0 Å². The largest absolute Gasteiger partial charge is 0.314 e. The summed E-state index contributed by atoms with van der Waals surface area (Å²) >= 11 is 0. The van der Waals surface area contributed by atoms with E-state index in [-0.39, 0.29) is 0 Å². The van der Waals surface area contributed by atoms with Crippen LogP contribution in [0.3, 0.4) is 0 Å². The predicted octanol–water partition coefficient (Wildman–Crippen LogP) is 4.13. The van der Waals surface area contributed by atoms with Gasteiger partial charge in [0.05, 0.1) is 0 Å². The molecule has 15 heavy (non-hydrogen) atoms. The number of rotatable bonds is 3. The molecular weight excluding hydrogens is 182 g/mol. The first-order chi connectivity index (χ1) is 7.34. The number of hydrogen-bond donors (Lipinski definition) is 1. The fourth-order valence-electron chi connectivity index (χ4n) is 2.83. The average molecular weight is 211 g/mol. The Morgan fingerprint density at radius 3 is 1.87 bits per heavy atom. The van der Waals surface area contributed by atoms with Gasteiger partial charge in [0.15, 0.2) is 0 Å². The van der Waals surface area contributed by atoms with Crippen LogP contribution >= 0.6 is 0 Å². The lowest BCUT2D eigenvalue weighted by molar-refractivity contribution is 0.310. The quantitative estimate of drug-likeness (QED) is 0.740. The van der Waals surface area contributed by atoms with E-state index in [0.717, 1.165) is 18.5 Å². The van der Waals surface area contributed by atoms with E-state index in [1.165, 1.54) is 57.8 Å². The molecular formula is C14H29N. The topological polar surface area (TPSA) is 12.0 Å². The van der Waals surface area contributed by atoms with Gasteiger partial charge in [-0.2, -0.15) is 0 Å². The van der Waals surface area contributed by atoms with E-state index in [1.54, 1.807) is 0 Å². The van der Waals surface area contributed by atoms with E-state index < -0.39 is 0 Å². The third kappa shape index (κ3) is 5.55. The van der Waals surface area contributed by atoms with Crippen molar-refractivity contribution in [3.05, 3.63) is 0 Å². The molecule has 1 atom stereocenters. The number of hydrogen-bond acceptors (Lipinski definition) is 1. The highest BCUT2D eigenvalue weighted by atomic mass is 14.9. The van der Waals surface area contributed by atoms with Gasteiger partial charge in [0.2, 0.25) is 0 Å². The van der Waals surface area contributed by atoms with E-state index in [2.05, 4.69) is 19.2 Å². The fourth-order valence-corrected chi connectivity index (χ4v) is 2.83. The van der Waals surface area contributed by atoms with Crippen LogP contribution in [0.1, 0.15) is 71.6 Å². The van der Waals surface area contributed by atoms with Crippen LogP contribution in [-0.4, -0.2) is 12.6 Å². The average Bonchev–Trinajstić information content (AvgIpc) is 2.26. The molecule has 1 N–H and O–H groups in total. The smallest absolute Gasteiger partial charge is 0.00668 e. The van der Waals surface area contributed by atoms with Crippen molar-refractivity contribution in [2.75, 3.05) is 6.54 Å². The molecule has 0 radical (unpaired) electrons. The van der Waals surface area contributed by atoms with Gasteiger partial charge in [-0.1, -0.05) is 51.9 Å². The van der Waals surface area contributed by atoms with E-state index >= 15 is 0 Å². The Balaban J connectivity index is 2.30. The lowest BCUT2D eigenvalue weighted by Gasteiger charge is -2.25. The minimum atomic E-state index is 0.731. The van der Waals surface area contributed by atoms with Crippen LogP contribution in [0.15, 0.2) is 0 Å². The summed E-state index contributed by atoms with van der Waals surface area (Å²) in [5, 5.41) is 3.60. The van der Waals surface area contributed by atoms with Gasteiger partial charge in [0.25, 0.3) is 0 Å². The van der Waals surface area contributed by atoms with Crippen LogP contribution in [0.2, 0.25) is 0 Å². The van der Waals surface area contributed by atoms with Crippen molar-refractivity contribution in [1.29, 1.82) is 0 Å². The van der Waals surface area contributed by atoms with Gasteiger partial charge in [-0.3, -0.25) is 0 Å². The molecule has 1 rings (SSSR count). The fraction of sp³-hybridized carbons (Fsp3) is 1.00. The highest BCUT2D eigenvalue weighted by molar-refractivity contribution is 4.72. The Hall–Kier alpha value is -0.0400. The van der Waals surface area contributed by atoms with Crippen LogP contribution in [0, 0.1) is 5.92 Å². The molecule has 1 saturated carbocycles. The predicted molar refractivity (Wildman–Crippen MR) is 68.2 cm³/mol. The monoisotopic (exact) mass is 211 g/mol. The summed E-state index contributed by atoms with van der Waals surface area (Å²) in [5.74, 6) is 0.933. The molecule has 0 aromatic carbocycles. The molecule has 1 heteroatoms. The second kappa shape index (κ2) is 8.15. The molecule has 0 saturated heterocycles. The second-order valence-corrected chi connectivity index (χ2v) is 5.16. The van der Waals surface area contributed by atoms with Crippen molar-refractivity contribution >= 4 is 0 Å². The van der Waals surface area contributed by atoms with Gasteiger partial charge in [-0.25, -0.2) is 0 Å². The molecule has 0 bridgehead atoms. The van der Waals surface area contributed by atoms with Crippen molar-refractivity contribution in [3.63, 3.8) is 0 Å². The van der Waals surface area contributed by atoms with Crippen molar-refractivity contribution < 1.29 is 0 Å². The van der Waals surface area contributed by atoms with E-state index in [1.807, 2.05) is 0 Å². The van der Waals surface area contributed by atoms with Gasteiger partial charge in [0, 0.05) is 6.04 Å². The zero-order valence-corrected chi connectivity index (χ0v) is 10.7. The molecule has 0 amide bonds. The molecule has 1 unspecified atom stereocenters. The molecule has 1 aliphatic rings. The molecule has 0 aliphatic heterocycles. The van der Waals surface area contributed by atoms with Gasteiger partial charge < -0.3 is 5.32 Å². The van der Waals surface area contributed by atoms with Gasteiger partial charge >= 0.3 is 0 Å². The highest BCUT2D eigenvalue weighted by Crippen LogP contribution is 2.23. The molecule has 0 heterocycles. The van der Waals surface area contributed by atoms with Crippen LogP contribution in [0.25, 0.3) is 0 Å². The molecule has 1 nitrogen and oxygen atoms in total. The summed E-state index contributed by atoms with van der Waals surface area (Å²) in [5.41, 5.74) is 0. The highest BCUT2D eigenvalue weighted by Gasteiger charge is 2.16. The van der Waals surface area contributed by atoms with Crippen LogP contribution in [0.4, 0.5) is 0 Å². The second-order valence-electron chi connectivity index (χ2n) is 5.16. The molecule has 90 valence electrons. The van der Waals surface area contributed by atoms with Gasteiger partial charge in [-0.15, -0.1) is 0 Å². The normalized spacial score (nSPS) is 23.6. The summed E-state index contributed by atoms with van der Waals surface area (Å²) in [4.78, 5) is 0. The minimum absolute atomic E-state index is 0.731. The van der Waals surface area contributed by atoms with E-state index in [4.69, 9.17) is 0 Å². The molecule has 0 aromatic rings. The molecule has 1 fully saturated rings. The number of nitrogens with one attached hydrogen (secondary N) is 1. The summed E-state index contributed by atoms with van der Waals surface area (Å²) in [6, 6.07) is 0.731. The summed E-state index contributed by atoms with van der Waals surface area (Å²) in [6.45, 7) is 5.72. The van der Waals surface area contributed by atoms with E-state index in [0.29, 0.717) is 0 Å². The summed E-state index contributed by atoms with van der Waals surface area (Å²) < 4.78 is 0. The van der Waals surface area contributed by atoms with Crippen LogP contribution < -0.4 is 5.32 Å². The third-order valence-electron chi connectivity index (χ3n) is 3.88. The summed E-state index contributed by atoms with van der Waals surface area (Å²) in [7, 11) is 0. The zero-order chi connectivity index (χ0) is 10.9. The first kappa shape index (κ1) is 13.0. The maximum Gasteiger partial charge on any atom is 0.00668 e. The van der Waals surface area contributed by atoms with Crippen molar-refractivity contribution in [1.82, 2.24) is 5.32 Å². The Labute approximate surface area is 96.0 Å². The Bertz CT molecular complexity index is 134. The van der Waals surface area contributed by atoms with Gasteiger partial charge in [0.1, 0.15) is 0 Å². The summed E-state index contributed by atoms with van der Waals surface area (Å²) in [6.07, 6.45) is 13.2. The first-order valence-corrected chi connectivity index (χ1v) is 7.08. The Morgan fingerprint density at radius 2 is 1.40 bits per heavy atom. The Kier molecular flexibility index (Phi) is 7.08. The van der Waals surface area contributed by atoms with Crippen molar-refractivity contribution in [2.24, 2.45) is 5.92 Å².